The lowest BCUT2D eigenvalue weighted by molar-refractivity contribution is -0.143. The molecule has 0 aliphatic carbocycles. The average Bonchev–Trinajstić information content (AvgIpc) is 3.29. The van der Waals surface area contributed by atoms with Crippen LogP contribution < -0.4 is 10.6 Å². The molecule has 3 saturated heterocycles. The SMILES string of the molecule is CNc1c(Cl)cc(CC(CC(=O)N2CCC(N3CCc4ccccc4NC3=O)CC2)C(=O)N2CCC(C3CCN(C)CC3)CC2)cc1C(F)(F)F. The lowest BCUT2D eigenvalue weighted by Gasteiger charge is -2.40. The summed E-state index contributed by atoms with van der Waals surface area (Å²) < 4.78 is 42.2. The predicted molar refractivity (Wildman–Crippen MR) is 193 cm³/mol. The highest BCUT2D eigenvalue weighted by molar-refractivity contribution is 6.33. The fourth-order valence-electron chi connectivity index (χ4n) is 8.64. The van der Waals surface area contributed by atoms with Gasteiger partial charge in [-0.25, -0.2) is 4.79 Å². The Kier molecular flexibility index (Phi) is 11.7. The summed E-state index contributed by atoms with van der Waals surface area (Å²) in [5, 5.41) is 5.49. The van der Waals surface area contributed by atoms with Crippen molar-refractivity contribution < 1.29 is 27.6 Å². The second kappa shape index (κ2) is 16.0. The molecule has 2 aromatic rings. The minimum Gasteiger partial charge on any atom is -0.386 e. The minimum atomic E-state index is -4.65. The molecule has 2 N–H and O–H groups in total. The molecule has 9 nitrogen and oxygen atoms in total. The van der Waals surface area contributed by atoms with Crippen LogP contribution in [0.5, 0.6) is 0 Å². The molecule has 1 unspecified atom stereocenters. The Morgan fingerprint density at radius 2 is 1.55 bits per heavy atom. The second-order valence-corrected chi connectivity index (χ2v) is 15.2. The zero-order valence-electron chi connectivity index (χ0n) is 29.6. The van der Waals surface area contributed by atoms with E-state index < -0.39 is 17.7 Å². The molecular weight excluding hydrogens is 681 g/mol. The lowest BCUT2D eigenvalue weighted by Crippen LogP contribution is -2.50. The number of alkyl halides is 3. The summed E-state index contributed by atoms with van der Waals surface area (Å²) in [4.78, 5) is 48.9. The molecular formula is C38H50ClF3N6O3. The summed E-state index contributed by atoms with van der Waals surface area (Å²) in [6, 6.07) is 10.1. The fourth-order valence-corrected chi connectivity index (χ4v) is 8.98. The van der Waals surface area contributed by atoms with Crippen LogP contribution in [0.25, 0.3) is 0 Å². The standard InChI is InChI=1S/C38H50ClF3N6O3/c1-43-35-31(38(40,41)42)22-25(23-32(35)39)21-29(36(50)47-16-9-27(10-17-47)26-7-14-45(2)15-8-26)24-34(49)46-18-12-30(13-19-46)48-20-11-28-5-3-4-6-33(28)44-37(48)51/h3-6,22-23,26-27,29-30,43H,7-21,24H2,1-2H3,(H,44,51). The Morgan fingerprint density at radius 3 is 2.20 bits per heavy atom. The monoisotopic (exact) mass is 730 g/mol. The van der Waals surface area contributed by atoms with E-state index in [1.165, 1.54) is 13.1 Å². The van der Waals surface area contributed by atoms with Gasteiger partial charge in [-0.05, 0) is 113 Å². The summed E-state index contributed by atoms with van der Waals surface area (Å²) in [6.45, 7) is 4.79. The number of fused-ring (bicyclic) bond motifs is 1. The molecule has 4 amide bonds. The van der Waals surface area contributed by atoms with Gasteiger partial charge in [0, 0.05) is 57.9 Å². The molecule has 0 spiro atoms. The molecule has 13 heteroatoms. The third kappa shape index (κ3) is 8.76. The van der Waals surface area contributed by atoms with Crippen molar-refractivity contribution in [3.63, 3.8) is 0 Å². The van der Waals surface area contributed by atoms with Crippen molar-refractivity contribution in [3.05, 3.63) is 58.1 Å². The van der Waals surface area contributed by atoms with Gasteiger partial charge in [-0.1, -0.05) is 29.8 Å². The van der Waals surface area contributed by atoms with E-state index in [1.54, 1.807) is 4.90 Å². The van der Waals surface area contributed by atoms with Crippen molar-refractivity contribution in [2.24, 2.45) is 17.8 Å². The maximum Gasteiger partial charge on any atom is 0.418 e. The van der Waals surface area contributed by atoms with Crippen LogP contribution >= 0.6 is 11.6 Å². The third-order valence-corrected chi connectivity index (χ3v) is 11.9. The van der Waals surface area contributed by atoms with E-state index in [0.717, 1.165) is 62.5 Å². The van der Waals surface area contributed by atoms with Gasteiger partial charge in [0.1, 0.15) is 0 Å². The number of halogens is 4. The summed E-state index contributed by atoms with van der Waals surface area (Å²) in [5.41, 5.74) is 1.07. The minimum absolute atomic E-state index is 0.0275. The van der Waals surface area contributed by atoms with E-state index in [2.05, 4.69) is 22.6 Å². The quantitative estimate of drug-likeness (QED) is 0.319. The van der Waals surface area contributed by atoms with Crippen molar-refractivity contribution in [2.75, 3.05) is 70.5 Å². The van der Waals surface area contributed by atoms with Crippen molar-refractivity contribution in [1.29, 1.82) is 0 Å². The van der Waals surface area contributed by atoms with Gasteiger partial charge in [-0.3, -0.25) is 9.59 Å². The number of carbonyl (C=O) groups excluding carboxylic acids is 3. The van der Waals surface area contributed by atoms with Gasteiger partial charge in [0.05, 0.1) is 22.2 Å². The lowest BCUT2D eigenvalue weighted by atomic mass is 9.78. The van der Waals surface area contributed by atoms with Crippen molar-refractivity contribution >= 4 is 40.8 Å². The Labute approximate surface area is 303 Å². The summed E-state index contributed by atoms with van der Waals surface area (Å²) in [6.07, 6.45) is 1.26. The highest BCUT2D eigenvalue weighted by atomic mass is 35.5. The molecule has 0 aromatic heterocycles. The van der Waals surface area contributed by atoms with E-state index in [9.17, 15) is 27.6 Å². The van der Waals surface area contributed by atoms with Crippen molar-refractivity contribution in [3.8, 4) is 0 Å². The number of nitrogens with one attached hydrogen (secondary N) is 2. The zero-order valence-corrected chi connectivity index (χ0v) is 30.4. The largest absolute Gasteiger partial charge is 0.418 e. The second-order valence-electron chi connectivity index (χ2n) is 14.8. The van der Waals surface area contributed by atoms with Crippen LogP contribution in [0.4, 0.5) is 29.3 Å². The zero-order chi connectivity index (χ0) is 36.3. The number of hydrogen-bond donors (Lipinski definition) is 2. The highest BCUT2D eigenvalue weighted by Crippen LogP contribution is 2.40. The summed E-state index contributed by atoms with van der Waals surface area (Å²) >= 11 is 6.33. The highest BCUT2D eigenvalue weighted by Gasteiger charge is 2.38. The van der Waals surface area contributed by atoms with E-state index >= 15 is 0 Å². The molecule has 4 aliphatic rings. The average molecular weight is 731 g/mol. The first-order chi connectivity index (χ1) is 24.4. The molecule has 1 atom stereocenters. The molecule has 4 aliphatic heterocycles. The Bertz CT molecular complexity index is 1570. The van der Waals surface area contributed by atoms with Crippen molar-refractivity contribution in [1.82, 2.24) is 19.6 Å². The normalized spacial score (nSPS) is 20.8. The van der Waals surface area contributed by atoms with E-state index in [-0.39, 0.29) is 53.0 Å². The number of anilines is 2. The van der Waals surface area contributed by atoms with E-state index in [4.69, 9.17) is 11.6 Å². The maximum atomic E-state index is 14.2. The smallest absolute Gasteiger partial charge is 0.386 e. The Hall–Kier alpha value is -3.51. The van der Waals surface area contributed by atoms with Crippen LogP contribution in [0.3, 0.4) is 0 Å². The number of amides is 4. The molecule has 2 aromatic carbocycles. The number of nitrogens with zero attached hydrogens (tertiary/aromatic N) is 4. The Balaban J connectivity index is 1.13. The van der Waals surface area contributed by atoms with Crippen LogP contribution in [0.1, 0.15) is 61.6 Å². The van der Waals surface area contributed by atoms with Crippen molar-refractivity contribution in [2.45, 2.75) is 70.0 Å². The topological polar surface area (TPSA) is 88.2 Å². The number of piperidine rings is 3. The van der Waals surface area contributed by atoms with Gasteiger partial charge in [0.25, 0.3) is 0 Å². The number of likely N-dealkylation sites (tertiary alicyclic amines) is 3. The first kappa shape index (κ1) is 37.3. The molecule has 0 radical (unpaired) electrons. The van der Waals surface area contributed by atoms with Gasteiger partial charge in [-0.2, -0.15) is 13.2 Å². The first-order valence-electron chi connectivity index (χ1n) is 18.4. The van der Waals surface area contributed by atoms with Crippen LogP contribution in [0.15, 0.2) is 36.4 Å². The number of para-hydroxylation sites is 1. The molecule has 0 saturated carbocycles. The number of carbonyl (C=O) groups is 3. The third-order valence-electron chi connectivity index (χ3n) is 11.6. The number of hydrogen-bond acceptors (Lipinski definition) is 5. The molecule has 6 rings (SSSR count). The maximum absolute atomic E-state index is 14.2. The van der Waals surface area contributed by atoms with Crippen LogP contribution in [0, 0.1) is 17.8 Å². The first-order valence-corrected chi connectivity index (χ1v) is 18.8. The van der Waals surface area contributed by atoms with Gasteiger partial charge in [-0.15, -0.1) is 0 Å². The number of urea groups is 1. The van der Waals surface area contributed by atoms with Gasteiger partial charge >= 0.3 is 12.2 Å². The van der Waals surface area contributed by atoms with Crippen LogP contribution in [-0.2, 0) is 28.6 Å². The molecule has 0 bridgehead atoms. The number of rotatable bonds is 8. The molecule has 3 fully saturated rings. The molecule has 51 heavy (non-hydrogen) atoms. The Morgan fingerprint density at radius 1 is 0.922 bits per heavy atom. The van der Waals surface area contributed by atoms with Crippen LogP contribution in [-0.4, -0.2) is 103 Å². The van der Waals surface area contributed by atoms with Gasteiger partial charge < -0.3 is 30.2 Å². The summed E-state index contributed by atoms with van der Waals surface area (Å²) in [5.74, 6) is -0.0320. The molecule has 278 valence electrons. The van der Waals surface area contributed by atoms with Gasteiger partial charge in [0.2, 0.25) is 11.8 Å². The molecule has 4 heterocycles. The summed E-state index contributed by atoms with van der Waals surface area (Å²) in [7, 11) is 3.53. The van der Waals surface area contributed by atoms with E-state index in [1.807, 2.05) is 34.1 Å². The number of benzene rings is 2. The van der Waals surface area contributed by atoms with E-state index in [0.29, 0.717) is 57.4 Å². The van der Waals surface area contributed by atoms with Crippen LogP contribution in [0.2, 0.25) is 5.02 Å². The fraction of sp³-hybridized carbons (Fsp3) is 0.605. The predicted octanol–water partition coefficient (Wildman–Crippen LogP) is 6.61. The van der Waals surface area contributed by atoms with Gasteiger partial charge in [0.15, 0.2) is 0 Å².